The predicted octanol–water partition coefficient (Wildman–Crippen LogP) is 4.71. The van der Waals surface area contributed by atoms with Crippen molar-refractivity contribution in [3.05, 3.63) is 53.7 Å². The predicted molar refractivity (Wildman–Crippen MR) is 117 cm³/mol. The minimum Gasteiger partial charge on any atom is -0.378 e. The smallest absolute Gasteiger partial charge is 0.126 e. The van der Waals surface area contributed by atoms with Crippen LogP contribution in [0.5, 0.6) is 0 Å². The molecule has 149 valence electrons. The summed E-state index contributed by atoms with van der Waals surface area (Å²) in [6, 6.07) is 12.5. The molecule has 5 nitrogen and oxygen atoms in total. The summed E-state index contributed by atoms with van der Waals surface area (Å²) in [6.45, 7) is 7.97. The summed E-state index contributed by atoms with van der Waals surface area (Å²) in [7, 11) is 4.07. The second-order valence-corrected chi connectivity index (χ2v) is 8.96. The zero-order chi connectivity index (χ0) is 20.5. The summed E-state index contributed by atoms with van der Waals surface area (Å²) in [5.74, 6) is 0.802. The van der Waals surface area contributed by atoms with Gasteiger partial charge in [-0.05, 0) is 69.5 Å². The topological polar surface area (TPSA) is 51.3 Å². The summed E-state index contributed by atoms with van der Waals surface area (Å²) in [4.78, 5) is 6.63. The fourth-order valence-electron chi connectivity index (χ4n) is 3.83. The molecule has 3 rings (SSSR count). The molecular formula is C23H31N4O. The van der Waals surface area contributed by atoms with Crippen molar-refractivity contribution in [3.63, 3.8) is 0 Å². The van der Waals surface area contributed by atoms with Crippen LogP contribution in [0, 0.1) is 0 Å². The fourth-order valence-corrected chi connectivity index (χ4v) is 3.83. The molecule has 1 aromatic carbocycles. The van der Waals surface area contributed by atoms with Crippen molar-refractivity contribution >= 4 is 23.7 Å². The van der Waals surface area contributed by atoms with Gasteiger partial charge in [-0.25, -0.2) is 4.98 Å². The lowest BCUT2D eigenvalue weighted by atomic mass is 9.94. The third-order valence-corrected chi connectivity index (χ3v) is 5.62. The monoisotopic (exact) mass is 379 g/mol. The third-order valence-electron chi connectivity index (χ3n) is 5.62. The van der Waals surface area contributed by atoms with Crippen LogP contribution in [-0.4, -0.2) is 41.3 Å². The molecule has 28 heavy (non-hydrogen) atoms. The molecular weight excluding hydrogens is 348 g/mol. The van der Waals surface area contributed by atoms with E-state index in [2.05, 4.69) is 51.6 Å². The van der Waals surface area contributed by atoms with E-state index in [1.165, 1.54) is 10.8 Å². The summed E-state index contributed by atoms with van der Waals surface area (Å²) < 4.78 is 0. The highest BCUT2D eigenvalue weighted by Crippen LogP contribution is 2.40. The van der Waals surface area contributed by atoms with Crippen molar-refractivity contribution < 1.29 is 5.21 Å². The van der Waals surface area contributed by atoms with Gasteiger partial charge in [0.1, 0.15) is 5.82 Å². The van der Waals surface area contributed by atoms with Crippen molar-refractivity contribution in [3.8, 4) is 0 Å². The lowest BCUT2D eigenvalue weighted by Crippen LogP contribution is -2.49. The first-order chi connectivity index (χ1) is 13.1. The van der Waals surface area contributed by atoms with E-state index in [4.69, 9.17) is 0 Å². The quantitative estimate of drug-likeness (QED) is 0.818. The second-order valence-electron chi connectivity index (χ2n) is 8.96. The molecule has 2 aromatic rings. The Morgan fingerprint density at radius 3 is 2.14 bits per heavy atom. The van der Waals surface area contributed by atoms with Gasteiger partial charge in [0.15, 0.2) is 0 Å². The van der Waals surface area contributed by atoms with Gasteiger partial charge < -0.3 is 10.2 Å². The van der Waals surface area contributed by atoms with Crippen LogP contribution in [0.3, 0.4) is 0 Å². The van der Waals surface area contributed by atoms with Gasteiger partial charge in [-0.3, -0.25) is 0 Å². The maximum Gasteiger partial charge on any atom is 0.126 e. The molecule has 1 aromatic heterocycles. The third kappa shape index (κ3) is 4.21. The number of rotatable bonds is 5. The Morgan fingerprint density at radius 2 is 1.64 bits per heavy atom. The number of nitrogens with one attached hydrogen (secondary N) is 1. The minimum atomic E-state index is -0.470. The first-order valence-electron chi connectivity index (χ1n) is 9.75. The summed E-state index contributed by atoms with van der Waals surface area (Å²) in [5.41, 5.74) is 2.54. The Hall–Kier alpha value is -2.37. The van der Waals surface area contributed by atoms with E-state index in [1.54, 1.807) is 0 Å². The lowest BCUT2D eigenvalue weighted by Gasteiger charge is -2.33. The molecule has 2 heterocycles. The van der Waals surface area contributed by atoms with E-state index in [0.29, 0.717) is 0 Å². The molecule has 0 aliphatic carbocycles. The highest BCUT2D eigenvalue weighted by Gasteiger charge is 2.52. The van der Waals surface area contributed by atoms with Crippen LogP contribution in [0.1, 0.15) is 45.2 Å². The first-order valence-corrected chi connectivity index (χ1v) is 9.75. The van der Waals surface area contributed by atoms with Crippen LogP contribution in [0.2, 0.25) is 0 Å². The number of hydrogen-bond donors (Lipinski definition) is 1. The van der Waals surface area contributed by atoms with Crippen LogP contribution < -0.4 is 10.2 Å². The van der Waals surface area contributed by atoms with E-state index >= 15 is 0 Å². The maximum absolute atomic E-state index is 12.5. The molecule has 1 aliphatic heterocycles. The van der Waals surface area contributed by atoms with Crippen molar-refractivity contribution in [1.82, 2.24) is 10.0 Å². The first kappa shape index (κ1) is 20.4. The maximum atomic E-state index is 12.5. The zero-order valence-corrected chi connectivity index (χ0v) is 17.7. The molecule has 1 fully saturated rings. The summed E-state index contributed by atoms with van der Waals surface area (Å²) in [5, 5.41) is 17.2. The van der Waals surface area contributed by atoms with Crippen LogP contribution in [-0.2, 0) is 5.21 Å². The van der Waals surface area contributed by atoms with Crippen molar-refractivity contribution in [2.75, 3.05) is 24.3 Å². The average Bonchev–Trinajstić information content (AvgIpc) is 2.80. The van der Waals surface area contributed by atoms with E-state index in [-0.39, 0.29) is 11.6 Å². The number of anilines is 2. The Bertz CT molecular complexity index is 823. The van der Waals surface area contributed by atoms with E-state index < -0.39 is 5.54 Å². The van der Waals surface area contributed by atoms with E-state index in [1.807, 2.05) is 60.1 Å². The lowest BCUT2D eigenvalue weighted by molar-refractivity contribution is -0.245. The molecule has 1 radical (unpaired) electrons. The number of pyridine rings is 1. The van der Waals surface area contributed by atoms with Gasteiger partial charge in [-0.15, -0.1) is 10.3 Å². The van der Waals surface area contributed by atoms with E-state index in [9.17, 15) is 5.21 Å². The fraction of sp³-hybridized carbons (Fsp3) is 0.435. The molecule has 0 amide bonds. The number of hydrogen-bond acceptors (Lipinski definition) is 4. The number of nitrogens with zero attached hydrogens (tertiary/aromatic N) is 3. The Labute approximate surface area is 168 Å². The van der Waals surface area contributed by atoms with Gasteiger partial charge in [0.05, 0.1) is 5.54 Å². The van der Waals surface area contributed by atoms with Gasteiger partial charge in [0, 0.05) is 37.6 Å². The molecule has 1 N–H and O–H groups in total. The van der Waals surface area contributed by atoms with Crippen LogP contribution in [0.25, 0.3) is 12.2 Å². The Morgan fingerprint density at radius 1 is 1.04 bits per heavy atom. The number of aromatic nitrogens is 1. The van der Waals surface area contributed by atoms with Crippen LogP contribution in [0.15, 0.2) is 42.6 Å². The molecule has 1 atom stereocenters. The molecule has 5 heteroatoms. The van der Waals surface area contributed by atoms with Crippen molar-refractivity contribution in [2.45, 2.75) is 51.2 Å². The van der Waals surface area contributed by atoms with Crippen molar-refractivity contribution in [2.24, 2.45) is 0 Å². The average molecular weight is 380 g/mol. The molecule has 1 saturated heterocycles. The van der Waals surface area contributed by atoms with E-state index in [0.717, 1.165) is 23.4 Å². The normalized spacial score (nSPS) is 21.2. The Balaban J connectivity index is 1.65. The number of hydroxylamine groups is 2. The summed E-state index contributed by atoms with van der Waals surface area (Å²) in [6.07, 6.45) is 6.79. The number of benzene rings is 1. The van der Waals surface area contributed by atoms with Gasteiger partial charge in [-0.1, -0.05) is 24.3 Å². The molecule has 0 bridgehead atoms. The molecule has 1 aliphatic rings. The SMILES string of the molecule is CN(C)c1ccc(/C=C/c2ccc(NC3CC(C)(C)N([O])C3(C)C)nc2)cc1. The molecule has 0 saturated carbocycles. The highest BCUT2D eigenvalue weighted by atomic mass is 16.5. The largest absolute Gasteiger partial charge is 0.378 e. The van der Waals surface area contributed by atoms with Crippen LogP contribution in [0.4, 0.5) is 11.5 Å². The second kappa shape index (κ2) is 7.57. The highest BCUT2D eigenvalue weighted by molar-refractivity contribution is 5.70. The van der Waals surface area contributed by atoms with Gasteiger partial charge in [0.25, 0.3) is 0 Å². The molecule has 1 unspecified atom stereocenters. The zero-order valence-electron chi connectivity index (χ0n) is 17.7. The van der Waals surface area contributed by atoms with Crippen molar-refractivity contribution in [1.29, 1.82) is 0 Å². The molecule has 0 spiro atoms. The van der Waals surface area contributed by atoms with Crippen LogP contribution >= 0.6 is 0 Å². The Kier molecular flexibility index (Phi) is 5.50. The van der Waals surface area contributed by atoms with Gasteiger partial charge in [0.2, 0.25) is 0 Å². The van der Waals surface area contributed by atoms with Gasteiger partial charge >= 0.3 is 0 Å². The van der Waals surface area contributed by atoms with Gasteiger partial charge in [-0.2, -0.15) is 0 Å². The summed E-state index contributed by atoms with van der Waals surface area (Å²) >= 11 is 0. The minimum absolute atomic E-state index is 0.0594. The standard InChI is InChI=1S/C23H31N4O/c1-22(2)15-20(23(3,4)27(22)28)25-21-14-11-18(16-24-21)8-7-17-9-12-19(13-10-17)26(5)6/h7-14,16,20H,15H2,1-6H3,(H,24,25)/b8-7+.